The van der Waals surface area contributed by atoms with Crippen LogP contribution in [0.2, 0.25) is 0 Å². The zero-order valence-corrected chi connectivity index (χ0v) is 15.2. The van der Waals surface area contributed by atoms with Crippen LogP contribution in [0.1, 0.15) is 24.8 Å². The molecule has 0 unspecified atom stereocenters. The van der Waals surface area contributed by atoms with Gasteiger partial charge in [-0.15, -0.1) is 11.3 Å². The van der Waals surface area contributed by atoms with Crippen LogP contribution in [0.15, 0.2) is 40.2 Å². The van der Waals surface area contributed by atoms with Gasteiger partial charge in [0.25, 0.3) is 0 Å². The Morgan fingerprint density at radius 2 is 1.92 bits per heavy atom. The van der Waals surface area contributed by atoms with Crippen molar-refractivity contribution in [1.82, 2.24) is 10.1 Å². The number of carbonyl (C=O) groups is 2. The molecule has 0 atom stereocenters. The molecule has 134 valence electrons. The molecule has 0 aliphatic carbocycles. The molecule has 3 rings (SSSR count). The summed E-state index contributed by atoms with van der Waals surface area (Å²) in [4.78, 5) is 28.7. The Balaban J connectivity index is 1.59. The predicted molar refractivity (Wildman–Crippen MR) is 100 cm³/mol. The summed E-state index contributed by atoms with van der Waals surface area (Å²) in [7, 11) is 0. The topological polar surface area (TPSA) is 97.1 Å². The summed E-state index contributed by atoms with van der Waals surface area (Å²) in [5.41, 5.74) is 2.13. The van der Waals surface area contributed by atoms with Gasteiger partial charge in [0.15, 0.2) is 0 Å². The Morgan fingerprint density at radius 1 is 1.15 bits per heavy atom. The maximum absolute atomic E-state index is 12.2. The van der Waals surface area contributed by atoms with Crippen LogP contribution in [-0.4, -0.2) is 22.0 Å². The molecule has 7 nitrogen and oxygen atoms in total. The van der Waals surface area contributed by atoms with Crippen LogP contribution in [0.25, 0.3) is 10.7 Å². The molecule has 26 heavy (non-hydrogen) atoms. The number of thiophene rings is 1. The van der Waals surface area contributed by atoms with Crippen LogP contribution in [-0.2, 0) is 16.0 Å². The average molecular weight is 370 g/mol. The lowest BCUT2D eigenvalue weighted by molar-refractivity contribution is -0.116. The monoisotopic (exact) mass is 370 g/mol. The van der Waals surface area contributed by atoms with Crippen molar-refractivity contribution >= 4 is 34.5 Å². The molecule has 0 saturated carbocycles. The molecule has 1 aromatic carbocycles. The van der Waals surface area contributed by atoms with Gasteiger partial charge in [-0.1, -0.05) is 17.3 Å². The van der Waals surface area contributed by atoms with E-state index in [9.17, 15) is 9.59 Å². The smallest absolute Gasteiger partial charge is 0.227 e. The van der Waals surface area contributed by atoms with Gasteiger partial charge in [-0.2, -0.15) is 4.98 Å². The quantitative estimate of drug-likeness (QED) is 0.690. The van der Waals surface area contributed by atoms with Crippen LogP contribution in [0.5, 0.6) is 0 Å². The molecule has 8 heteroatoms. The number of nitrogens with zero attached hydrogens (tertiary/aromatic N) is 2. The number of nitrogens with one attached hydrogen (secondary N) is 2. The van der Waals surface area contributed by atoms with Gasteiger partial charge in [0.1, 0.15) is 0 Å². The highest BCUT2D eigenvalue weighted by Crippen LogP contribution is 2.24. The van der Waals surface area contributed by atoms with Crippen molar-refractivity contribution < 1.29 is 14.1 Å². The maximum atomic E-state index is 12.2. The zero-order chi connectivity index (χ0) is 18.5. The summed E-state index contributed by atoms with van der Waals surface area (Å²) in [6.07, 6.45) is 0.574. The van der Waals surface area contributed by atoms with E-state index in [1.54, 1.807) is 18.2 Å². The first-order chi connectivity index (χ1) is 12.5. The normalized spacial score (nSPS) is 10.5. The molecule has 0 saturated heterocycles. The van der Waals surface area contributed by atoms with Crippen LogP contribution < -0.4 is 10.6 Å². The molecular weight excluding hydrogens is 352 g/mol. The lowest BCUT2D eigenvalue weighted by Crippen LogP contribution is -2.14. The zero-order valence-electron chi connectivity index (χ0n) is 14.4. The van der Waals surface area contributed by atoms with E-state index in [1.165, 1.54) is 18.3 Å². The van der Waals surface area contributed by atoms with Crippen LogP contribution in [0.3, 0.4) is 0 Å². The van der Waals surface area contributed by atoms with Crippen molar-refractivity contribution in [3.05, 3.63) is 47.2 Å². The molecule has 0 aliphatic rings. The highest BCUT2D eigenvalue weighted by molar-refractivity contribution is 7.13. The summed E-state index contributed by atoms with van der Waals surface area (Å²) >= 11 is 1.53. The van der Waals surface area contributed by atoms with Gasteiger partial charge in [0.2, 0.25) is 23.5 Å². The molecule has 0 bridgehead atoms. The molecular formula is C18H18N4O3S. The first-order valence-corrected chi connectivity index (χ1v) is 8.94. The molecule has 0 fully saturated rings. The summed E-state index contributed by atoms with van der Waals surface area (Å²) in [5.74, 6) is 0.639. The lowest BCUT2D eigenvalue weighted by Gasteiger charge is -2.12. The van der Waals surface area contributed by atoms with Crippen LogP contribution >= 0.6 is 11.3 Å². The van der Waals surface area contributed by atoms with E-state index in [0.29, 0.717) is 29.5 Å². The van der Waals surface area contributed by atoms with Crippen molar-refractivity contribution in [2.24, 2.45) is 0 Å². The first-order valence-electron chi connectivity index (χ1n) is 8.06. The minimum atomic E-state index is -0.163. The second kappa shape index (κ2) is 7.92. The number of amides is 2. The number of carbonyl (C=O) groups excluding carboxylic acids is 2. The predicted octanol–water partition coefficient (Wildman–Crippen LogP) is 3.64. The highest BCUT2D eigenvalue weighted by Gasteiger charge is 2.13. The number of aryl methyl sites for hydroxylation is 1. The Kier molecular flexibility index (Phi) is 5.43. The van der Waals surface area contributed by atoms with E-state index in [2.05, 4.69) is 20.8 Å². The summed E-state index contributed by atoms with van der Waals surface area (Å²) in [6.45, 7) is 3.28. The van der Waals surface area contributed by atoms with Gasteiger partial charge in [-0.3, -0.25) is 9.59 Å². The molecule has 0 spiro atoms. The second-order valence-corrected chi connectivity index (χ2v) is 6.64. The van der Waals surface area contributed by atoms with E-state index in [4.69, 9.17) is 4.52 Å². The molecule has 0 radical (unpaired) electrons. The van der Waals surface area contributed by atoms with Gasteiger partial charge in [-0.05, 0) is 36.1 Å². The van der Waals surface area contributed by atoms with E-state index in [-0.39, 0.29) is 18.2 Å². The van der Waals surface area contributed by atoms with Gasteiger partial charge < -0.3 is 15.2 Å². The second-order valence-electron chi connectivity index (χ2n) is 5.70. The Labute approximate surface area is 154 Å². The Hall–Kier alpha value is -3.00. The number of anilines is 2. The van der Waals surface area contributed by atoms with Crippen molar-refractivity contribution in [3.63, 3.8) is 0 Å². The molecule has 2 heterocycles. The molecule has 3 aromatic rings. The first kappa shape index (κ1) is 17.8. The van der Waals surface area contributed by atoms with Crippen molar-refractivity contribution in [2.75, 3.05) is 10.6 Å². The number of hydrogen-bond donors (Lipinski definition) is 2. The standard InChI is InChI=1S/C18H18N4O3S/c1-11-13(19-12(2)23)5-3-6-14(11)20-16(24)8-9-17-21-18(22-25-17)15-7-4-10-26-15/h3-7,10H,8-9H2,1-2H3,(H,19,23)(H,20,24). The number of aromatic nitrogens is 2. The third-order valence-corrected chi connectivity index (χ3v) is 4.56. The minimum Gasteiger partial charge on any atom is -0.339 e. The largest absolute Gasteiger partial charge is 0.339 e. The number of rotatable bonds is 6. The summed E-state index contributed by atoms with van der Waals surface area (Å²) < 4.78 is 5.19. The van der Waals surface area contributed by atoms with E-state index >= 15 is 0 Å². The summed E-state index contributed by atoms with van der Waals surface area (Å²) in [5, 5.41) is 11.5. The fourth-order valence-corrected chi connectivity index (χ4v) is 3.04. The van der Waals surface area contributed by atoms with Gasteiger partial charge in [-0.25, -0.2) is 0 Å². The highest BCUT2D eigenvalue weighted by atomic mass is 32.1. The SMILES string of the molecule is CC(=O)Nc1cccc(NC(=O)CCc2nc(-c3cccs3)no2)c1C. The summed E-state index contributed by atoms with van der Waals surface area (Å²) in [6, 6.07) is 9.19. The number of hydrogen-bond acceptors (Lipinski definition) is 6. The lowest BCUT2D eigenvalue weighted by atomic mass is 10.1. The van der Waals surface area contributed by atoms with Crippen molar-refractivity contribution in [1.29, 1.82) is 0 Å². The number of benzene rings is 1. The van der Waals surface area contributed by atoms with E-state index in [0.717, 1.165) is 10.4 Å². The Bertz CT molecular complexity index is 918. The molecule has 2 amide bonds. The minimum absolute atomic E-state index is 0.158. The Morgan fingerprint density at radius 3 is 2.62 bits per heavy atom. The van der Waals surface area contributed by atoms with Gasteiger partial charge in [0.05, 0.1) is 4.88 Å². The van der Waals surface area contributed by atoms with Gasteiger partial charge in [0, 0.05) is 31.1 Å². The fourth-order valence-electron chi connectivity index (χ4n) is 2.39. The van der Waals surface area contributed by atoms with Gasteiger partial charge >= 0.3 is 0 Å². The fraction of sp³-hybridized carbons (Fsp3) is 0.222. The van der Waals surface area contributed by atoms with Crippen LogP contribution in [0.4, 0.5) is 11.4 Å². The third-order valence-electron chi connectivity index (χ3n) is 3.69. The maximum Gasteiger partial charge on any atom is 0.227 e. The van der Waals surface area contributed by atoms with E-state index < -0.39 is 0 Å². The van der Waals surface area contributed by atoms with Crippen molar-refractivity contribution in [3.8, 4) is 10.7 Å². The third kappa shape index (κ3) is 4.34. The average Bonchev–Trinajstić information content (AvgIpc) is 3.27. The molecule has 0 aliphatic heterocycles. The van der Waals surface area contributed by atoms with E-state index in [1.807, 2.05) is 24.4 Å². The van der Waals surface area contributed by atoms with Crippen molar-refractivity contribution in [2.45, 2.75) is 26.7 Å². The van der Waals surface area contributed by atoms with Crippen LogP contribution in [0, 0.1) is 6.92 Å². The molecule has 2 N–H and O–H groups in total. The molecule has 2 aromatic heterocycles.